The van der Waals surface area contributed by atoms with E-state index in [1.165, 1.54) is 11.6 Å². The van der Waals surface area contributed by atoms with Crippen molar-refractivity contribution in [3.8, 4) is 0 Å². The molecule has 0 amide bonds. The number of amidine groups is 1. The van der Waals surface area contributed by atoms with Crippen molar-refractivity contribution < 1.29 is 25.6 Å². The second-order valence-corrected chi connectivity index (χ2v) is 6.21. The summed E-state index contributed by atoms with van der Waals surface area (Å²) >= 11 is -0.322. The van der Waals surface area contributed by atoms with Crippen LogP contribution in [0.4, 0.5) is 4.39 Å². The van der Waals surface area contributed by atoms with E-state index in [2.05, 4.69) is 11.6 Å². The van der Waals surface area contributed by atoms with Gasteiger partial charge in [-0.2, -0.15) is 0 Å². The van der Waals surface area contributed by atoms with Crippen LogP contribution in [0.15, 0.2) is 27.8 Å². The summed E-state index contributed by atoms with van der Waals surface area (Å²) in [6.07, 6.45) is 1.91. The summed E-state index contributed by atoms with van der Waals surface area (Å²) in [4.78, 5) is 4.22. The predicted octanol–water partition coefficient (Wildman–Crippen LogP) is -1.12. The van der Waals surface area contributed by atoms with Gasteiger partial charge in [-0.1, -0.05) is 0 Å². The van der Waals surface area contributed by atoms with Crippen molar-refractivity contribution in [3.05, 3.63) is 43.3 Å². The zero-order valence-electron chi connectivity index (χ0n) is 8.84. The molecule has 0 aliphatic carbocycles. The molecule has 0 unspecified atom stereocenters. The molecule has 2 N–H and O–H groups in total. The van der Waals surface area contributed by atoms with E-state index in [0.717, 1.165) is 28.5 Å². The van der Waals surface area contributed by atoms with Crippen LogP contribution in [0.5, 0.6) is 0 Å². The fourth-order valence-electron chi connectivity index (χ4n) is 1.81. The van der Waals surface area contributed by atoms with E-state index in [1.807, 2.05) is 4.08 Å². The third-order valence-electron chi connectivity index (χ3n) is 2.50. The number of aliphatic imine (C=N–C) groups is 1. The van der Waals surface area contributed by atoms with E-state index in [-0.39, 0.29) is 27.0 Å². The average Bonchev–Trinajstić information content (AvgIpc) is 2.42. The van der Waals surface area contributed by atoms with Gasteiger partial charge in [0, 0.05) is 0 Å². The molecule has 86 valence electrons. The first-order chi connectivity index (χ1) is 7.72. The van der Waals surface area contributed by atoms with Crippen molar-refractivity contribution in [1.82, 2.24) is 0 Å². The minimum atomic E-state index is -0.322. The SMILES string of the molecule is C=C[I-]c1cc(F)cc2c1CCCN=C2N. The van der Waals surface area contributed by atoms with Crippen LogP contribution in [-0.2, 0) is 6.42 Å². The van der Waals surface area contributed by atoms with E-state index in [0.29, 0.717) is 5.84 Å². The molecule has 1 aromatic rings. The maximum absolute atomic E-state index is 13.5. The van der Waals surface area contributed by atoms with Crippen molar-refractivity contribution in [1.29, 1.82) is 0 Å². The summed E-state index contributed by atoms with van der Waals surface area (Å²) in [7, 11) is 0. The van der Waals surface area contributed by atoms with Gasteiger partial charge in [0.1, 0.15) is 0 Å². The van der Waals surface area contributed by atoms with Gasteiger partial charge in [-0.3, -0.25) is 0 Å². The molecule has 1 aliphatic heterocycles. The summed E-state index contributed by atoms with van der Waals surface area (Å²) in [6, 6.07) is 3.11. The monoisotopic (exact) mass is 331 g/mol. The normalized spacial score (nSPS) is 15.2. The Kier molecular flexibility index (Phi) is 3.58. The Morgan fingerprint density at radius 3 is 3.06 bits per heavy atom. The molecule has 0 bridgehead atoms. The Morgan fingerprint density at radius 2 is 2.31 bits per heavy atom. The van der Waals surface area contributed by atoms with Gasteiger partial charge in [-0.25, -0.2) is 0 Å². The number of fused-ring (bicyclic) bond motifs is 1. The molecule has 0 saturated heterocycles. The fourth-order valence-corrected chi connectivity index (χ4v) is 3.69. The Morgan fingerprint density at radius 1 is 1.50 bits per heavy atom. The van der Waals surface area contributed by atoms with Gasteiger partial charge in [-0.05, 0) is 0 Å². The molecule has 4 heteroatoms. The molecule has 0 saturated carbocycles. The molecule has 0 aromatic heterocycles. The Bertz CT molecular complexity index is 455. The Labute approximate surface area is 105 Å². The van der Waals surface area contributed by atoms with Gasteiger partial charge in [0.2, 0.25) is 0 Å². The van der Waals surface area contributed by atoms with Gasteiger partial charge in [-0.15, -0.1) is 0 Å². The molecule has 16 heavy (non-hydrogen) atoms. The van der Waals surface area contributed by atoms with E-state index in [4.69, 9.17) is 5.73 Å². The van der Waals surface area contributed by atoms with Crippen molar-refractivity contribution in [2.45, 2.75) is 12.8 Å². The number of nitrogens with two attached hydrogens (primary N) is 1. The minimum absolute atomic E-state index is 0.227. The number of nitrogens with zero attached hydrogens (tertiary/aromatic N) is 1. The second-order valence-electron chi connectivity index (χ2n) is 3.55. The van der Waals surface area contributed by atoms with E-state index in [9.17, 15) is 4.39 Å². The van der Waals surface area contributed by atoms with E-state index in [1.54, 1.807) is 6.07 Å². The number of rotatable bonds is 2. The summed E-state index contributed by atoms with van der Waals surface area (Å²) in [5.41, 5.74) is 7.81. The predicted molar refractivity (Wildman–Crippen MR) is 59.2 cm³/mol. The third kappa shape index (κ3) is 2.26. The van der Waals surface area contributed by atoms with Gasteiger partial charge in [0.05, 0.1) is 0 Å². The Hall–Kier alpha value is -0.910. The third-order valence-corrected chi connectivity index (χ3v) is 4.57. The Balaban J connectivity index is 2.58. The molecular formula is C12H13FIN2-. The second kappa shape index (κ2) is 4.95. The summed E-state index contributed by atoms with van der Waals surface area (Å²) in [6.45, 7) is 4.47. The van der Waals surface area contributed by atoms with Crippen LogP contribution in [-0.4, -0.2) is 12.4 Å². The van der Waals surface area contributed by atoms with Crippen molar-refractivity contribution in [2.75, 3.05) is 6.54 Å². The molecule has 1 heterocycles. The molecular weight excluding hydrogens is 318 g/mol. The van der Waals surface area contributed by atoms with Crippen LogP contribution < -0.4 is 26.9 Å². The first kappa shape index (κ1) is 11.6. The quantitative estimate of drug-likeness (QED) is 0.685. The van der Waals surface area contributed by atoms with Crippen molar-refractivity contribution in [2.24, 2.45) is 10.7 Å². The topological polar surface area (TPSA) is 38.4 Å². The molecule has 1 aromatic carbocycles. The van der Waals surface area contributed by atoms with Gasteiger partial charge in [0.25, 0.3) is 0 Å². The summed E-state index contributed by atoms with van der Waals surface area (Å²) < 4.78 is 16.4. The fraction of sp³-hybridized carbons (Fsp3) is 0.250. The van der Waals surface area contributed by atoms with Crippen LogP contribution in [0.25, 0.3) is 0 Å². The van der Waals surface area contributed by atoms with Crippen LogP contribution >= 0.6 is 0 Å². The molecule has 2 nitrogen and oxygen atoms in total. The van der Waals surface area contributed by atoms with Crippen LogP contribution in [0.1, 0.15) is 17.5 Å². The van der Waals surface area contributed by atoms with E-state index >= 15 is 0 Å². The first-order valence-electron chi connectivity index (χ1n) is 5.09. The molecule has 2 rings (SSSR count). The van der Waals surface area contributed by atoms with Gasteiger partial charge >= 0.3 is 105 Å². The van der Waals surface area contributed by atoms with Crippen LogP contribution in [0.2, 0.25) is 0 Å². The number of benzene rings is 1. The number of hydrogen-bond donors (Lipinski definition) is 1. The standard InChI is InChI=1S/C12H13FIN2/c1-2-14-11-7-8(13)6-10-9(11)4-3-5-16-12(10)15/h2,6-7H,1,3-5H2,(H2,15,16)/q-1. The first-order valence-corrected chi connectivity index (χ1v) is 7.42. The van der Waals surface area contributed by atoms with Crippen LogP contribution in [0.3, 0.4) is 0 Å². The van der Waals surface area contributed by atoms with Gasteiger partial charge < -0.3 is 0 Å². The zero-order valence-corrected chi connectivity index (χ0v) is 11.0. The maximum atomic E-state index is 13.5. The summed E-state index contributed by atoms with van der Waals surface area (Å²) in [5.74, 6) is 0.247. The number of hydrogen-bond acceptors (Lipinski definition) is 2. The van der Waals surface area contributed by atoms with Crippen molar-refractivity contribution in [3.63, 3.8) is 0 Å². The zero-order chi connectivity index (χ0) is 11.5. The van der Waals surface area contributed by atoms with Crippen LogP contribution in [0, 0.1) is 9.39 Å². The molecule has 0 fully saturated rings. The van der Waals surface area contributed by atoms with Crippen molar-refractivity contribution >= 4 is 5.84 Å². The molecule has 0 atom stereocenters. The number of halogens is 2. The summed E-state index contributed by atoms with van der Waals surface area (Å²) in [5, 5.41) is 0. The average molecular weight is 331 g/mol. The molecule has 1 aliphatic rings. The van der Waals surface area contributed by atoms with E-state index < -0.39 is 0 Å². The molecule has 0 radical (unpaired) electrons. The molecule has 0 spiro atoms. The van der Waals surface area contributed by atoms with Gasteiger partial charge in [0.15, 0.2) is 0 Å².